The Bertz CT molecular complexity index is 534. The molecule has 0 aliphatic carbocycles. The van der Waals surface area contributed by atoms with E-state index in [4.69, 9.17) is 4.74 Å². The first-order chi connectivity index (χ1) is 9.70. The van der Waals surface area contributed by atoms with E-state index in [1.54, 1.807) is 0 Å². The predicted octanol–water partition coefficient (Wildman–Crippen LogP) is 3.22. The Labute approximate surface area is 120 Å². The molecule has 20 heavy (non-hydrogen) atoms. The number of hydrogen-bond donors (Lipinski definition) is 2. The minimum atomic E-state index is 0.642. The Morgan fingerprint density at radius 3 is 2.85 bits per heavy atom. The summed E-state index contributed by atoms with van der Waals surface area (Å²) in [6, 6.07) is 8.02. The summed E-state index contributed by atoms with van der Waals surface area (Å²) in [7, 11) is 0. The van der Waals surface area contributed by atoms with Crippen molar-refractivity contribution in [3.05, 3.63) is 36.3 Å². The van der Waals surface area contributed by atoms with E-state index >= 15 is 0 Å². The molecule has 0 atom stereocenters. The molecule has 0 fully saturated rings. The Morgan fingerprint density at radius 2 is 2.10 bits per heavy atom. The second-order valence-corrected chi connectivity index (χ2v) is 5.20. The number of nitrogens with zero attached hydrogens (tertiary/aromatic N) is 1. The monoisotopic (exact) mass is 273 g/mol. The van der Waals surface area contributed by atoms with Gasteiger partial charge in [-0.1, -0.05) is 26.0 Å². The van der Waals surface area contributed by atoms with Crippen molar-refractivity contribution < 1.29 is 4.74 Å². The van der Waals surface area contributed by atoms with E-state index in [0.717, 1.165) is 35.9 Å². The van der Waals surface area contributed by atoms with Crippen LogP contribution in [0.4, 0.5) is 0 Å². The second-order valence-electron chi connectivity index (χ2n) is 5.20. The van der Waals surface area contributed by atoms with Gasteiger partial charge in [-0.05, 0) is 31.5 Å². The normalized spacial score (nSPS) is 11.0. The molecule has 0 aliphatic rings. The van der Waals surface area contributed by atoms with Crippen molar-refractivity contribution in [3.63, 3.8) is 0 Å². The van der Waals surface area contributed by atoms with Crippen LogP contribution in [0.15, 0.2) is 30.5 Å². The van der Waals surface area contributed by atoms with Crippen LogP contribution >= 0.6 is 0 Å². The summed E-state index contributed by atoms with van der Waals surface area (Å²) in [6.07, 6.45) is 1.87. The quantitative estimate of drug-likeness (QED) is 0.814. The van der Waals surface area contributed by atoms with Gasteiger partial charge in [0.15, 0.2) is 0 Å². The number of H-pyrrole nitrogens is 1. The smallest absolute Gasteiger partial charge is 0.128 e. The van der Waals surface area contributed by atoms with Crippen LogP contribution in [-0.4, -0.2) is 23.1 Å². The number of rotatable bonds is 7. The van der Waals surface area contributed by atoms with Gasteiger partial charge in [-0.3, -0.25) is 0 Å². The lowest BCUT2D eigenvalue weighted by Crippen LogP contribution is -2.19. The number of ether oxygens (including phenoxy) is 1. The van der Waals surface area contributed by atoms with Gasteiger partial charge in [0, 0.05) is 5.56 Å². The molecule has 1 aromatic heterocycles. The summed E-state index contributed by atoms with van der Waals surface area (Å²) in [6.45, 7) is 8.79. The topological polar surface area (TPSA) is 49.9 Å². The zero-order valence-corrected chi connectivity index (χ0v) is 12.4. The summed E-state index contributed by atoms with van der Waals surface area (Å²) < 4.78 is 5.65. The largest absolute Gasteiger partial charge is 0.493 e. The molecule has 0 spiro atoms. The van der Waals surface area contributed by atoms with Crippen molar-refractivity contribution in [2.75, 3.05) is 13.2 Å². The highest BCUT2D eigenvalue weighted by Crippen LogP contribution is 2.28. The molecule has 2 N–H and O–H groups in total. The van der Waals surface area contributed by atoms with Gasteiger partial charge in [-0.2, -0.15) is 0 Å². The lowest BCUT2D eigenvalue weighted by atomic mass is 10.1. The van der Waals surface area contributed by atoms with Crippen molar-refractivity contribution >= 4 is 0 Å². The highest BCUT2D eigenvalue weighted by Gasteiger charge is 2.08. The Balaban J connectivity index is 2.08. The molecular weight excluding hydrogens is 250 g/mol. The molecule has 0 aliphatic heterocycles. The maximum Gasteiger partial charge on any atom is 0.128 e. The third kappa shape index (κ3) is 3.84. The number of imidazole rings is 1. The van der Waals surface area contributed by atoms with Crippen LogP contribution < -0.4 is 10.1 Å². The van der Waals surface area contributed by atoms with Gasteiger partial charge in [0.25, 0.3) is 0 Å². The van der Waals surface area contributed by atoms with Crippen molar-refractivity contribution in [2.45, 2.75) is 27.3 Å². The molecule has 0 saturated heterocycles. The lowest BCUT2D eigenvalue weighted by molar-refractivity contribution is 0.341. The summed E-state index contributed by atoms with van der Waals surface area (Å²) in [4.78, 5) is 7.77. The van der Waals surface area contributed by atoms with Gasteiger partial charge in [-0.15, -0.1) is 0 Å². The standard InChI is InChI=1S/C16H23N3O/c1-4-20-15-8-6-5-7-13(15)14-10-18-16(19-14)11-17-9-12(2)3/h5-8,10,12,17H,4,9,11H2,1-3H3,(H,18,19). The van der Waals surface area contributed by atoms with Crippen molar-refractivity contribution in [1.29, 1.82) is 0 Å². The van der Waals surface area contributed by atoms with E-state index in [9.17, 15) is 0 Å². The van der Waals surface area contributed by atoms with E-state index < -0.39 is 0 Å². The molecule has 0 saturated carbocycles. The van der Waals surface area contributed by atoms with Crippen molar-refractivity contribution in [1.82, 2.24) is 15.3 Å². The molecule has 1 heterocycles. The SMILES string of the molecule is CCOc1ccccc1-c1cnc(CNCC(C)C)[nH]1. The first-order valence-corrected chi connectivity index (χ1v) is 7.17. The number of hydrogen-bond acceptors (Lipinski definition) is 3. The lowest BCUT2D eigenvalue weighted by Gasteiger charge is -2.08. The maximum absolute atomic E-state index is 5.65. The molecule has 0 bridgehead atoms. The zero-order chi connectivity index (χ0) is 14.4. The summed E-state index contributed by atoms with van der Waals surface area (Å²) in [5, 5.41) is 3.38. The minimum Gasteiger partial charge on any atom is -0.493 e. The Morgan fingerprint density at radius 1 is 1.30 bits per heavy atom. The molecule has 2 rings (SSSR count). The van der Waals surface area contributed by atoms with E-state index in [1.807, 2.05) is 37.4 Å². The first-order valence-electron chi connectivity index (χ1n) is 7.17. The molecule has 0 radical (unpaired) electrons. The molecule has 4 nitrogen and oxygen atoms in total. The number of aromatic nitrogens is 2. The van der Waals surface area contributed by atoms with Crippen LogP contribution in [0.5, 0.6) is 5.75 Å². The average Bonchev–Trinajstić information content (AvgIpc) is 2.88. The number of para-hydroxylation sites is 1. The molecule has 0 amide bonds. The van der Waals surface area contributed by atoms with Crippen LogP contribution in [0.3, 0.4) is 0 Å². The average molecular weight is 273 g/mol. The Kier molecular flexibility index (Phi) is 5.18. The summed E-state index contributed by atoms with van der Waals surface area (Å²) >= 11 is 0. The van der Waals surface area contributed by atoms with Crippen LogP contribution in [0, 0.1) is 5.92 Å². The fourth-order valence-electron chi connectivity index (χ4n) is 2.04. The molecule has 108 valence electrons. The Hall–Kier alpha value is -1.81. The zero-order valence-electron chi connectivity index (χ0n) is 12.4. The van der Waals surface area contributed by atoms with Gasteiger partial charge < -0.3 is 15.0 Å². The van der Waals surface area contributed by atoms with Gasteiger partial charge in [-0.25, -0.2) is 4.98 Å². The first kappa shape index (κ1) is 14.6. The van der Waals surface area contributed by atoms with Gasteiger partial charge in [0.05, 0.1) is 25.0 Å². The van der Waals surface area contributed by atoms with E-state index in [0.29, 0.717) is 12.5 Å². The van der Waals surface area contributed by atoms with Crippen molar-refractivity contribution in [2.24, 2.45) is 5.92 Å². The van der Waals surface area contributed by atoms with Gasteiger partial charge >= 0.3 is 0 Å². The van der Waals surface area contributed by atoms with E-state index in [2.05, 4.69) is 29.1 Å². The van der Waals surface area contributed by atoms with E-state index in [-0.39, 0.29) is 0 Å². The number of benzene rings is 1. The highest BCUT2D eigenvalue weighted by atomic mass is 16.5. The second kappa shape index (κ2) is 7.10. The summed E-state index contributed by atoms with van der Waals surface area (Å²) in [5.74, 6) is 2.48. The van der Waals surface area contributed by atoms with Crippen LogP contribution in [-0.2, 0) is 6.54 Å². The third-order valence-electron chi connectivity index (χ3n) is 2.95. The van der Waals surface area contributed by atoms with Gasteiger partial charge in [0.1, 0.15) is 11.6 Å². The molecule has 0 unspecified atom stereocenters. The van der Waals surface area contributed by atoms with Crippen LogP contribution in [0.1, 0.15) is 26.6 Å². The molecular formula is C16H23N3O. The maximum atomic E-state index is 5.65. The third-order valence-corrected chi connectivity index (χ3v) is 2.95. The number of aromatic amines is 1. The fourth-order valence-corrected chi connectivity index (χ4v) is 2.04. The van der Waals surface area contributed by atoms with Crippen LogP contribution in [0.25, 0.3) is 11.3 Å². The predicted molar refractivity (Wildman–Crippen MR) is 81.7 cm³/mol. The van der Waals surface area contributed by atoms with Crippen molar-refractivity contribution in [3.8, 4) is 17.0 Å². The van der Waals surface area contributed by atoms with Gasteiger partial charge in [0.2, 0.25) is 0 Å². The summed E-state index contributed by atoms with van der Waals surface area (Å²) in [5.41, 5.74) is 2.05. The molecule has 2 aromatic rings. The highest BCUT2D eigenvalue weighted by molar-refractivity contribution is 5.66. The van der Waals surface area contributed by atoms with Crippen LogP contribution in [0.2, 0.25) is 0 Å². The fraction of sp³-hybridized carbons (Fsp3) is 0.438. The number of nitrogens with one attached hydrogen (secondary N) is 2. The molecule has 1 aromatic carbocycles. The molecule has 4 heteroatoms. The van der Waals surface area contributed by atoms with E-state index in [1.165, 1.54) is 0 Å². The minimum absolute atomic E-state index is 0.642.